The van der Waals surface area contributed by atoms with Gasteiger partial charge < -0.3 is 13.3 Å². The summed E-state index contributed by atoms with van der Waals surface area (Å²) in [6, 6.07) is 0.763. The van der Waals surface area contributed by atoms with Crippen LogP contribution >= 0.6 is 0 Å². The van der Waals surface area contributed by atoms with Gasteiger partial charge in [0.15, 0.2) is 0 Å². The standard InChI is InChI=1S/C18H37NO4Si/c1-7-11-13-18(17(6)20)16(5)19-14-12-15-24(21-8-2,22-9-3)23-10-4/h18H,7-15H2,1-6H3. The monoisotopic (exact) mass is 359 g/mol. The van der Waals surface area contributed by atoms with Crippen LogP contribution in [0.25, 0.3) is 0 Å². The van der Waals surface area contributed by atoms with Crippen LogP contribution in [0.3, 0.4) is 0 Å². The Labute approximate surface area is 149 Å². The SMILES string of the molecule is CCCCC(C(C)=O)C(C)=NCCC[Si](OCC)(OCC)OCC. The van der Waals surface area contributed by atoms with Gasteiger partial charge in [-0.15, -0.1) is 0 Å². The molecule has 0 spiro atoms. The third kappa shape index (κ3) is 9.06. The topological polar surface area (TPSA) is 57.1 Å². The van der Waals surface area contributed by atoms with Gasteiger partial charge in [-0.1, -0.05) is 19.8 Å². The van der Waals surface area contributed by atoms with Gasteiger partial charge in [0.1, 0.15) is 5.78 Å². The first-order chi connectivity index (χ1) is 11.5. The lowest BCUT2D eigenvalue weighted by Gasteiger charge is -2.28. The predicted molar refractivity (Wildman–Crippen MR) is 102 cm³/mol. The summed E-state index contributed by atoms with van der Waals surface area (Å²) in [4.78, 5) is 16.4. The summed E-state index contributed by atoms with van der Waals surface area (Å²) in [7, 11) is -2.57. The van der Waals surface area contributed by atoms with E-state index in [-0.39, 0.29) is 11.7 Å². The van der Waals surface area contributed by atoms with Crippen molar-refractivity contribution in [3.63, 3.8) is 0 Å². The van der Waals surface area contributed by atoms with E-state index in [1.54, 1.807) is 6.92 Å². The molecule has 0 aliphatic heterocycles. The lowest BCUT2D eigenvalue weighted by Crippen LogP contribution is -2.46. The Hall–Kier alpha value is -0.563. The fraction of sp³-hybridized carbons (Fsp3) is 0.889. The molecule has 0 saturated heterocycles. The number of carbonyl (C=O) groups excluding carboxylic acids is 1. The van der Waals surface area contributed by atoms with Crippen molar-refractivity contribution in [2.24, 2.45) is 10.9 Å². The van der Waals surface area contributed by atoms with Crippen LogP contribution in [-0.2, 0) is 18.1 Å². The molecule has 5 nitrogen and oxygen atoms in total. The van der Waals surface area contributed by atoms with Crippen LogP contribution in [0.1, 0.15) is 67.2 Å². The molecule has 0 bridgehead atoms. The number of aliphatic imine (C=N–C) groups is 1. The molecule has 0 amide bonds. The minimum absolute atomic E-state index is 0.0300. The summed E-state index contributed by atoms with van der Waals surface area (Å²) in [5, 5.41) is 0. The number of unbranched alkanes of at least 4 members (excludes halogenated alkanes) is 1. The van der Waals surface area contributed by atoms with Crippen LogP contribution in [0.2, 0.25) is 6.04 Å². The quantitative estimate of drug-likeness (QED) is 0.249. The number of ketones is 1. The maximum atomic E-state index is 11.8. The van der Waals surface area contributed by atoms with Gasteiger partial charge in [0.2, 0.25) is 0 Å². The van der Waals surface area contributed by atoms with Crippen molar-refractivity contribution in [3.05, 3.63) is 0 Å². The second-order valence-electron chi connectivity index (χ2n) is 5.91. The van der Waals surface area contributed by atoms with Gasteiger partial charge in [-0.2, -0.15) is 0 Å². The molecule has 0 aliphatic carbocycles. The lowest BCUT2D eigenvalue weighted by molar-refractivity contribution is -0.119. The van der Waals surface area contributed by atoms with E-state index in [1.807, 2.05) is 27.7 Å². The third-order valence-corrected chi connectivity index (χ3v) is 7.09. The second-order valence-corrected chi connectivity index (χ2v) is 8.65. The van der Waals surface area contributed by atoms with Gasteiger partial charge in [0.25, 0.3) is 0 Å². The molecular weight excluding hydrogens is 322 g/mol. The minimum Gasteiger partial charge on any atom is -0.374 e. The highest BCUT2D eigenvalue weighted by Crippen LogP contribution is 2.19. The Morgan fingerprint density at radius 3 is 1.92 bits per heavy atom. The highest BCUT2D eigenvalue weighted by atomic mass is 28.4. The van der Waals surface area contributed by atoms with Gasteiger partial charge >= 0.3 is 8.80 Å². The molecule has 0 fully saturated rings. The summed E-state index contributed by atoms with van der Waals surface area (Å²) < 4.78 is 17.5. The molecular formula is C18H37NO4Si. The first-order valence-electron chi connectivity index (χ1n) is 9.39. The van der Waals surface area contributed by atoms with Crippen LogP contribution in [-0.4, -0.2) is 46.7 Å². The van der Waals surface area contributed by atoms with Crippen LogP contribution in [0.15, 0.2) is 4.99 Å². The van der Waals surface area contributed by atoms with Crippen LogP contribution in [0, 0.1) is 5.92 Å². The molecule has 24 heavy (non-hydrogen) atoms. The first kappa shape index (κ1) is 23.4. The summed E-state index contributed by atoms with van der Waals surface area (Å²) in [6.07, 6.45) is 3.91. The second kappa shape index (κ2) is 13.7. The fourth-order valence-electron chi connectivity index (χ4n) is 2.78. The molecule has 0 saturated carbocycles. The van der Waals surface area contributed by atoms with Crippen LogP contribution in [0.5, 0.6) is 0 Å². The van der Waals surface area contributed by atoms with Crippen molar-refractivity contribution in [1.82, 2.24) is 0 Å². The summed E-state index contributed by atoms with van der Waals surface area (Å²) >= 11 is 0. The van der Waals surface area contributed by atoms with E-state index in [9.17, 15) is 4.79 Å². The summed E-state index contributed by atoms with van der Waals surface area (Å²) in [5.74, 6) is 0.184. The number of Topliss-reactive ketones (excluding diaryl/α,β-unsaturated/α-hetero) is 1. The molecule has 0 aromatic heterocycles. The number of carbonyl (C=O) groups is 1. The maximum Gasteiger partial charge on any atom is 0.500 e. The third-order valence-electron chi connectivity index (χ3n) is 3.94. The summed E-state index contributed by atoms with van der Waals surface area (Å²) in [5.41, 5.74) is 0.951. The molecule has 0 N–H and O–H groups in total. The lowest BCUT2D eigenvalue weighted by atomic mass is 9.94. The van der Waals surface area contributed by atoms with E-state index in [0.29, 0.717) is 26.4 Å². The zero-order valence-corrected chi connectivity index (χ0v) is 17.5. The first-order valence-corrected chi connectivity index (χ1v) is 11.3. The molecule has 0 radical (unpaired) electrons. The van der Waals surface area contributed by atoms with Crippen LogP contribution in [0.4, 0.5) is 0 Å². The number of nitrogens with zero attached hydrogens (tertiary/aromatic N) is 1. The number of hydrogen-bond acceptors (Lipinski definition) is 5. The van der Waals surface area contributed by atoms with E-state index in [0.717, 1.165) is 37.4 Å². The zero-order valence-electron chi connectivity index (χ0n) is 16.5. The molecule has 1 atom stereocenters. The predicted octanol–water partition coefficient (Wildman–Crippen LogP) is 4.28. The average molecular weight is 360 g/mol. The van der Waals surface area contributed by atoms with Gasteiger partial charge in [0, 0.05) is 38.1 Å². The van der Waals surface area contributed by atoms with Crippen molar-refractivity contribution in [1.29, 1.82) is 0 Å². The number of rotatable bonds is 15. The molecule has 0 heterocycles. The molecule has 1 unspecified atom stereocenters. The molecule has 0 aromatic carbocycles. The highest BCUT2D eigenvalue weighted by Gasteiger charge is 2.39. The van der Waals surface area contributed by atoms with Crippen molar-refractivity contribution in [2.75, 3.05) is 26.4 Å². The average Bonchev–Trinajstić information content (AvgIpc) is 2.52. The summed E-state index contributed by atoms with van der Waals surface area (Å²) in [6.45, 7) is 14.1. The maximum absolute atomic E-state index is 11.8. The van der Waals surface area contributed by atoms with Crippen molar-refractivity contribution in [2.45, 2.75) is 73.3 Å². The molecule has 142 valence electrons. The zero-order chi connectivity index (χ0) is 18.4. The largest absolute Gasteiger partial charge is 0.500 e. The van der Waals surface area contributed by atoms with Crippen molar-refractivity contribution >= 4 is 20.3 Å². The Bertz CT molecular complexity index is 357. The van der Waals surface area contributed by atoms with E-state index in [2.05, 4.69) is 11.9 Å². The smallest absolute Gasteiger partial charge is 0.374 e. The Morgan fingerprint density at radius 1 is 0.958 bits per heavy atom. The molecule has 0 aliphatic rings. The highest BCUT2D eigenvalue weighted by molar-refractivity contribution is 6.60. The van der Waals surface area contributed by atoms with E-state index in [4.69, 9.17) is 13.3 Å². The number of hydrogen-bond donors (Lipinski definition) is 0. The van der Waals surface area contributed by atoms with Gasteiger partial charge in [-0.3, -0.25) is 9.79 Å². The van der Waals surface area contributed by atoms with E-state index in [1.165, 1.54) is 0 Å². The van der Waals surface area contributed by atoms with Crippen molar-refractivity contribution < 1.29 is 18.1 Å². The van der Waals surface area contributed by atoms with E-state index >= 15 is 0 Å². The minimum atomic E-state index is -2.57. The Kier molecular flexibility index (Phi) is 13.4. The van der Waals surface area contributed by atoms with Gasteiger partial charge in [-0.05, 0) is 47.5 Å². The van der Waals surface area contributed by atoms with Gasteiger partial charge in [-0.25, -0.2) is 0 Å². The van der Waals surface area contributed by atoms with Crippen molar-refractivity contribution in [3.8, 4) is 0 Å². The van der Waals surface area contributed by atoms with Crippen LogP contribution < -0.4 is 0 Å². The molecule has 0 aromatic rings. The Balaban J connectivity index is 4.64. The van der Waals surface area contributed by atoms with Gasteiger partial charge in [0.05, 0.1) is 5.92 Å². The normalized spacial score (nSPS) is 14.0. The fourth-order valence-corrected chi connectivity index (χ4v) is 5.37. The van der Waals surface area contributed by atoms with E-state index < -0.39 is 8.80 Å². The molecule has 6 heteroatoms. The molecule has 0 rings (SSSR count). The Morgan fingerprint density at radius 2 is 1.50 bits per heavy atom.